The van der Waals surface area contributed by atoms with Gasteiger partial charge in [-0.3, -0.25) is 9.69 Å². The number of likely N-dealkylation sites (tertiary alicyclic amines) is 1. The van der Waals surface area contributed by atoms with Crippen LogP contribution in [0.15, 0.2) is 6.20 Å². The number of nitrogens with zero attached hydrogens (tertiary/aromatic N) is 4. The molecule has 2 aliphatic rings. The fraction of sp³-hybridized carbons (Fsp3) is 0.625. The van der Waals surface area contributed by atoms with Crippen molar-refractivity contribution < 1.29 is 9.90 Å². The van der Waals surface area contributed by atoms with Crippen LogP contribution in [0, 0.1) is 5.92 Å². The van der Waals surface area contributed by atoms with Crippen LogP contribution in [0.4, 0.5) is 0 Å². The Balaban J connectivity index is 1.48. The fourth-order valence-electron chi connectivity index (χ4n) is 3.91. The van der Waals surface area contributed by atoms with E-state index in [0.29, 0.717) is 0 Å². The van der Waals surface area contributed by atoms with E-state index >= 15 is 0 Å². The number of thiazole rings is 1. The molecule has 0 saturated carbocycles. The molecule has 0 bridgehead atoms. The lowest BCUT2D eigenvalue weighted by atomic mass is 9.91. The highest BCUT2D eigenvalue weighted by molar-refractivity contribution is 7.11. The van der Waals surface area contributed by atoms with E-state index in [4.69, 9.17) is 4.98 Å². The molecule has 2 N–H and O–H groups in total. The first-order valence-electron chi connectivity index (χ1n) is 8.46. The summed E-state index contributed by atoms with van der Waals surface area (Å²) in [5.41, 5.74) is 2.15. The third kappa shape index (κ3) is 3.21. The number of carboxylic acids is 1. The van der Waals surface area contributed by atoms with Gasteiger partial charge in [0, 0.05) is 23.9 Å². The van der Waals surface area contributed by atoms with Crippen molar-refractivity contribution in [2.75, 3.05) is 13.1 Å². The Bertz CT molecular complexity index is 691. The number of nitrogens with one attached hydrogen (secondary N) is 1. The number of hydrogen-bond acceptors (Lipinski definition) is 6. The molecule has 7 nitrogen and oxygen atoms in total. The largest absolute Gasteiger partial charge is 0.481 e. The van der Waals surface area contributed by atoms with E-state index in [0.717, 1.165) is 43.2 Å². The lowest BCUT2D eigenvalue weighted by Crippen LogP contribution is -2.20. The van der Waals surface area contributed by atoms with Crippen molar-refractivity contribution >= 4 is 17.3 Å². The van der Waals surface area contributed by atoms with Crippen molar-refractivity contribution in [1.82, 2.24) is 25.3 Å². The van der Waals surface area contributed by atoms with Gasteiger partial charge in [0.25, 0.3) is 0 Å². The molecule has 2 atom stereocenters. The SMILES string of the molecule is O=C(O)C[C@H]1CN(Cc2nc3c(s2)CCCC3)C[C@H]1c1cn[nH]n1. The summed E-state index contributed by atoms with van der Waals surface area (Å²) in [6.45, 7) is 2.39. The Kier molecular flexibility index (Phi) is 4.32. The van der Waals surface area contributed by atoms with E-state index < -0.39 is 5.97 Å². The number of fused-ring (bicyclic) bond motifs is 1. The van der Waals surface area contributed by atoms with Gasteiger partial charge in [-0.05, 0) is 31.6 Å². The van der Waals surface area contributed by atoms with Crippen LogP contribution in [0.5, 0.6) is 0 Å². The van der Waals surface area contributed by atoms with Crippen LogP contribution in [0.2, 0.25) is 0 Å². The van der Waals surface area contributed by atoms with Gasteiger partial charge in [-0.15, -0.1) is 11.3 Å². The molecule has 3 heterocycles. The van der Waals surface area contributed by atoms with Gasteiger partial charge in [0.05, 0.1) is 30.6 Å². The minimum absolute atomic E-state index is 0.0715. The minimum atomic E-state index is -0.750. The molecular weight excluding hydrogens is 326 g/mol. The predicted molar refractivity (Wildman–Crippen MR) is 88.9 cm³/mol. The molecule has 128 valence electrons. The summed E-state index contributed by atoms with van der Waals surface area (Å²) >= 11 is 1.83. The van der Waals surface area contributed by atoms with Gasteiger partial charge >= 0.3 is 5.97 Å². The number of hydrogen-bond donors (Lipinski definition) is 2. The van der Waals surface area contributed by atoms with Crippen molar-refractivity contribution in [3.05, 3.63) is 27.5 Å². The standard InChI is InChI=1S/C16H21N5O2S/c22-16(23)5-10-7-21(8-11(10)13-6-17-20-19-13)9-15-18-12-3-1-2-4-14(12)24-15/h6,10-11H,1-5,7-9H2,(H,22,23)(H,17,19,20)/t10-,11+/m0/s1. The van der Waals surface area contributed by atoms with Gasteiger partial charge in [-0.1, -0.05) is 0 Å². The van der Waals surface area contributed by atoms with Gasteiger partial charge in [0.2, 0.25) is 0 Å². The first-order valence-corrected chi connectivity index (χ1v) is 9.28. The third-order valence-electron chi connectivity index (χ3n) is 5.02. The van der Waals surface area contributed by atoms with Gasteiger partial charge < -0.3 is 5.11 Å². The zero-order valence-corrected chi connectivity index (χ0v) is 14.3. The number of H-pyrrole nitrogens is 1. The Labute approximate surface area is 144 Å². The highest BCUT2D eigenvalue weighted by atomic mass is 32.1. The van der Waals surface area contributed by atoms with Gasteiger partial charge in [-0.25, -0.2) is 4.98 Å². The third-order valence-corrected chi connectivity index (χ3v) is 6.16. The minimum Gasteiger partial charge on any atom is -0.481 e. The Morgan fingerprint density at radius 3 is 3.00 bits per heavy atom. The molecule has 2 aromatic rings. The molecule has 1 aliphatic heterocycles. The van der Waals surface area contributed by atoms with E-state index in [1.807, 2.05) is 11.3 Å². The van der Waals surface area contributed by atoms with E-state index in [1.54, 1.807) is 6.20 Å². The van der Waals surface area contributed by atoms with Crippen LogP contribution < -0.4 is 0 Å². The average molecular weight is 347 g/mol. The van der Waals surface area contributed by atoms with Crippen LogP contribution in [0.3, 0.4) is 0 Å². The van der Waals surface area contributed by atoms with Crippen LogP contribution in [0.25, 0.3) is 0 Å². The molecule has 1 aliphatic carbocycles. The molecule has 0 radical (unpaired) electrons. The maximum Gasteiger partial charge on any atom is 0.303 e. The zero-order valence-electron chi connectivity index (χ0n) is 13.4. The maximum atomic E-state index is 11.2. The summed E-state index contributed by atoms with van der Waals surface area (Å²) in [5, 5.41) is 21.1. The first-order chi connectivity index (χ1) is 11.7. The molecule has 0 amide bonds. The predicted octanol–water partition coefficient (Wildman–Crippen LogP) is 1.83. The van der Waals surface area contributed by atoms with Crippen molar-refractivity contribution in [2.45, 2.75) is 44.6 Å². The Morgan fingerprint density at radius 1 is 1.38 bits per heavy atom. The monoisotopic (exact) mass is 347 g/mol. The molecule has 1 saturated heterocycles. The molecule has 0 unspecified atom stereocenters. The summed E-state index contributed by atoms with van der Waals surface area (Å²) < 4.78 is 0. The summed E-state index contributed by atoms with van der Waals surface area (Å²) in [5.74, 6) is -0.559. The van der Waals surface area contributed by atoms with E-state index in [9.17, 15) is 9.90 Å². The first kappa shape index (κ1) is 15.7. The van der Waals surface area contributed by atoms with Crippen LogP contribution in [-0.4, -0.2) is 49.5 Å². The topological polar surface area (TPSA) is 95.0 Å². The molecule has 1 fully saturated rings. The normalized spacial score (nSPS) is 24.2. The second kappa shape index (κ2) is 6.60. The number of carbonyl (C=O) groups is 1. The van der Waals surface area contributed by atoms with Crippen LogP contribution >= 0.6 is 11.3 Å². The quantitative estimate of drug-likeness (QED) is 0.857. The number of aromatic nitrogens is 4. The molecular formula is C16H21N5O2S. The molecule has 0 spiro atoms. The average Bonchev–Trinajstić information content (AvgIpc) is 3.25. The molecule has 8 heteroatoms. The summed E-state index contributed by atoms with van der Waals surface area (Å²) in [6, 6.07) is 0. The van der Waals surface area contributed by atoms with E-state index in [1.165, 1.54) is 23.4 Å². The summed E-state index contributed by atoms with van der Waals surface area (Å²) in [6.07, 6.45) is 6.67. The molecule has 4 rings (SSSR count). The molecule has 2 aromatic heterocycles. The number of aryl methyl sites for hydroxylation is 2. The van der Waals surface area contributed by atoms with Gasteiger partial charge in [0.15, 0.2) is 0 Å². The zero-order chi connectivity index (χ0) is 16.5. The van der Waals surface area contributed by atoms with Crippen molar-refractivity contribution in [2.24, 2.45) is 5.92 Å². The van der Waals surface area contributed by atoms with Crippen molar-refractivity contribution in [3.63, 3.8) is 0 Å². The van der Waals surface area contributed by atoms with Gasteiger partial charge in [-0.2, -0.15) is 15.4 Å². The summed E-state index contributed by atoms with van der Waals surface area (Å²) in [4.78, 5) is 19.8. The molecule has 24 heavy (non-hydrogen) atoms. The number of carboxylic acid groups (broad SMARTS) is 1. The fourth-order valence-corrected chi connectivity index (χ4v) is 5.11. The second-order valence-electron chi connectivity index (χ2n) is 6.74. The number of rotatable bonds is 5. The van der Waals surface area contributed by atoms with E-state index in [2.05, 4.69) is 20.3 Å². The maximum absolute atomic E-state index is 11.2. The van der Waals surface area contributed by atoms with Gasteiger partial charge in [0.1, 0.15) is 5.01 Å². The Morgan fingerprint density at radius 2 is 2.25 bits per heavy atom. The smallest absolute Gasteiger partial charge is 0.303 e. The van der Waals surface area contributed by atoms with Crippen molar-refractivity contribution in [3.8, 4) is 0 Å². The Hall–Kier alpha value is -1.80. The summed E-state index contributed by atoms with van der Waals surface area (Å²) in [7, 11) is 0. The van der Waals surface area contributed by atoms with Crippen LogP contribution in [0.1, 0.15) is 46.5 Å². The van der Waals surface area contributed by atoms with E-state index in [-0.39, 0.29) is 18.3 Å². The lowest BCUT2D eigenvalue weighted by molar-refractivity contribution is -0.138. The second-order valence-corrected chi connectivity index (χ2v) is 7.91. The highest BCUT2D eigenvalue weighted by Gasteiger charge is 2.37. The molecule has 0 aromatic carbocycles. The number of aliphatic carboxylic acids is 1. The highest BCUT2D eigenvalue weighted by Crippen LogP contribution is 2.35. The van der Waals surface area contributed by atoms with Crippen molar-refractivity contribution in [1.29, 1.82) is 0 Å². The number of aromatic amines is 1. The van der Waals surface area contributed by atoms with Crippen LogP contribution in [-0.2, 0) is 24.2 Å². The lowest BCUT2D eigenvalue weighted by Gasteiger charge is -2.13.